The Kier molecular flexibility index (Phi) is 2.00. The molecule has 0 aliphatic heterocycles. The minimum absolute atomic E-state index is 0.0214. The molecule has 1 aromatic heterocycles. The maximum absolute atomic E-state index is 11.6. The van der Waals surface area contributed by atoms with Gasteiger partial charge < -0.3 is 9.88 Å². The lowest BCUT2D eigenvalue weighted by atomic mass is 10.1. The van der Waals surface area contributed by atoms with Crippen molar-refractivity contribution in [2.45, 2.75) is 0 Å². The number of hydrogen-bond acceptors (Lipinski definition) is 1. The molecule has 0 unspecified atom stereocenters. The van der Waals surface area contributed by atoms with Crippen molar-refractivity contribution in [1.29, 1.82) is 0 Å². The second-order valence-electron chi connectivity index (χ2n) is 3.42. The van der Waals surface area contributed by atoms with Crippen LogP contribution < -0.4 is 0 Å². The predicted molar refractivity (Wildman–Crippen MR) is 55.2 cm³/mol. The number of hydrogen-bond donors (Lipinski definition) is 1. The number of nitrogens with one attached hydrogen (secondary N) is 1. The molecular weight excluding hydrogens is 176 g/mol. The molecule has 0 aliphatic carbocycles. The summed E-state index contributed by atoms with van der Waals surface area (Å²) < 4.78 is 0. The highest BCUT2D eigenvalue weighted by molar-refractivity contribution is 5.97. The minimum atomic E-state index is 0.0214. The number of H-pyrrole nitrogens is 1. The normalized spacial score (nSPS) is 10.4. The van der Waals surface area contributed by atoms with E-state index in [4.69, 9.17) is 0 Å². The quantitative estimate of drug-likeness (QED) is 0.724. The smallest absolute Gasteiger partial charge is 0.253 e. The lowest BCUT2D eigenvalue weighted by Gasteiger charge is -2.09. The van der Waals surface area contributed by atoms with Crippen LogP contribution in [0.2, 0.25) is 0 Å². The highest BCUT2D eigenvalue weighted by atomic mass is 16.2. The molecule has 0 saturated heterocycles. The van der Waals surface area contributed by atoms with Gasteiger partial charge in [0, 0.05) is 30.6 Å². The van der Waals surface area contributed by atoms with E-state index < -0.39 is 0 Å². The van der Waals surface area contributed by atoms with Crippen molar-refractivity contribution in [2.75, 3.05) is 14.1 Å². The summed E-state index contributed by atoms with van der Waals surface area (Å²) in [5.74, 6) is 0.0214. The summed E-state index contributed by atoms with van der Waals surface area (Å²) in [7, 11) is 3.49. The Labute approximate surface area is 82.3 Å². The first kappa shape index (κ1) is 8.81. The molecule has 0 bridgehead atoms. The van der Waals surface area contributed by atoms with Gasteiger partial charge >= 0.3 is 0 Å². The molecule has 1 aromatic carbocycles. The fourth-order valence-electron chi connectivity index (χ4n) is 1.38. The van der Waals surface area contributed by atoms with Crippen LogP contribution in [0, 0.1) is 6.20 Å². The van der Waals surface area contributed by atoms with Crippen molar-refractivity contribution in [3.8, 4) is 0 Å². The molecule has 0 fully saturated rings. The summed E-state index contributed by atoms with van der Waals surface area (Å²) in [6.45, 7) is 0. The Morgan fingerprint density at radius 2 is 2.21 bits per heavy atom. The Morgan fingerprint density at radius 3 is 2.93 bits per heavy atom. The van der Waals surface area contributed by atoms with E-state index in [2.05, 4.69) is 11.2 Å². The van der Waals surface area contributed by atoms with Crippen LogP contribution in [0.1, 0.15) is 10.4 Å². The number of carbonyl (C=O) groups excluding carboxylic acids is 1. The molecule has 14 heavy (non-hydrogen) atoms. The van der Waals surface area contributed by atoms with Gasteiger partial charge in [0.2, 0.25) is 0 Å². The van der Waals surface area contributed by atoms with Crippen LogP contribution in [0.5, 0.6) is 0 Å². The molecular formula is C11H11N2O. The molecule has 1 heterocycles. The average Bonchev–Trinajstić information content (AvgIpc) is 2.62. The standard InChI is InChI=1S/C11H11N2O/c1-13(2)11(14)9-3-4-10-8(7-9)5-6-12-10/h3-5,7,12H,1-2H3. The Hall–Kier alpha value is -1.77. The minimum Gasteiger partial charge on any atom is -0.353 e. The number of fused-ring (bicyclic) bond motifs is 1. The van der Waals surface area contributed by atoms with E-state index in [9.17, 15) is 4.79 Å². The summed E-state index contributed by atoms with van der Waals surface area (Å²) in [5.41, 5.74) is 1.70. The van der Waals surface area contributed by atoms with Crippen molar-refractivity contribution in [2.24, 2.45) is 0 Å². The van der Waals surface area contributed by atoms with Crippen molar-refractivity contribution in [1.82, 2.24) is 9.88 Å². The zero-order chi connectivity index (χ0) is 10.1. The lowest BCUT2D eigenvalue weighted by Crippen LogP contribution is -2.21. The third-order valence-electron chi connectivity index (χ3n) is 2.14. The highest BCUT2D eigenvalue weighted by Gasteiger charge is 2.07. The zero-order valence-electron chi connectivity index (χ0n) is 8.16. The van der Waals surface area contributed by atoms with Crippen LogP contribution >= 0.6 is 0 Å². The SMILES string of the molecule is CN(C)C(=O)c1ccc2[nH][c]cc2c1. The van der Waals surface area contributed by atoms with Crippen LogP contribution in [0.4, 0.5) is 0 Å². The lowest BCUT2D eigenvalue weighted by molar-refractivity contribution is 0.0828. The molecule has 3 nitrogen and oxygen atoms in total. The van der Waals surface area contributed by atoms with E-state index in [1.807, 2.05) is 24.3 Å². The highest BCUT2D eigenvalue weighted by Crippen LogP contribution is 2.14. The summed E-state index contributed by atoms with van der Waals surface area (Å²) in [4.78, 5) is 16.1. The van der Waals surface area contributed by atoms with Gasteiger partial charge in [0.1, 0.15) is 0 Å². The molecule has 0 saturated carbocycles. The van der Waals surface area contributed by atoms with Gasteiger partial charge in [0.25, 0.3) is 5.91 Å². The number of benzene rings is 1. The van der Waals surface area contributed by atoms with Crippen LogP contribution in [0.3, 0.4) is 0 Å². The number of amides is 1. The third-order valence-corrected chi connectivity index (χ3v) is 2.14. The first-order valence-electron chi connectivity index (χ1n) is 4.39. The van der Waals surface area contributed by atoms with Crippen molar-refractivity contribution in [3.63, 3.8) is 0 Å². The largest absolute Gasteiger partial charge is 0.353 e. The average molecular weight is 187 g/mol. The topological polar surface area (TPSA) is 36.1 Å². The van der Waals surface area contributed by atoms with Gasteiger partial charge in [-0.05, 0) is 24.3 Å². The Morgan fingerprint density at radius 1 is 1.43 bits per heavy atom. The zero-order valence-corrected chi connectivity index (χ0v) is 8.16. The molecule has 3 heteroatoms. The summed E-state index contributed by atoms with van der Waals surface area (Å²) in [5, 5.41) is 1.01. The maximum Gasteiger partial charge on any atom is 0.253 e. The van der Waals surface area contributed by atoms with Gasteiger partial charge in [-0.15, -0.1) is 0 Å². The van der Waals surface area contributed by atoms with Gasteiger partial charge in [0.15, 0.2) is 0 Å². The molecule has 0 aliphatic rings. The van der Waals surface area contributed by atoms with Crippen LogP contribution in [-0.2, 0) is 0 Å². The molecule has 1 N–H and O–H groups in total. The Balaban J connectivity index is 2.48. The maximum atomic E-state index is 11.6. The summed E-state index contributed by atoms with van der Waals surface area (Å²) in [6.07, 6.45) is 2.88. The fraction of sp³-hybridized carbons (Fsp3) is 0.182. The van der Waals surface area contributed by atoms with Crippen LogP contribution in [0.25, 0.3) is 10.9 Å². The van der Waals surface area contributed by atoms with Gasteiger partial charge in [-0.25, -0.2) is 0 Å². The predicted octanol–water partition coefficient (Wildman–Crippen LogP) is 1.67. The molecule has 0 spiro atoms. The van der Waals surface area contributed by atoms with E-state index in [0.29, 0.717) is 5.56 Å². The third kappa shape index (κ3) is 1.37. The first-order valence-corrected chi connectivity index (χ1v) is 4.39. The fourth-order valence-corrected chi connectivity index (χ4v) is 1.38. The number of rotatable bonds is 1. The second-order valence-corrected chi connectivity index (χ2v) is 3.42. The van der Waals surface area contributed by atoms with Gasteiger partial charge in [0.05, 0.1) is 6.20 Å². The monoisotopic (exact) mass is 187 g/mol. The van der Waals surface area contributed by atoms with Crippen LogP contribution in [0.15, 0.2) is 24.3 Å². The second kappa shape index (κ2) is 3.18. The van der Waals surface area contributed by atoms with Gasteiger partial charge in [-0.2, -0.15) is 0 Å². The van der Waals surface area contributed by atoms with Gasteiger partial charge in [-0.1, -0.05) is 0 Å². The molecule has 71 valence electrons. The van der Waals surface area contributed by atoms with Crippen molar-refractivity contribution >= 4 is 16.8 Å². The molecule has 1 radical (unpaired) electrons. The van der Waals surface area contributed by atoms with E-state index in [0.717, 1.165) is 10.9 Å². The van der Waals surface area contributed by atoms with E-state index in [1.54, 1.807) is 19.0 Å². The molecule has 0 atom stereocenters. The number of aromatic nitrogens is 1. The first-order chi connectivity index (χ1) is 6.68. The number of nitrogens with zero attached hydrogens (tertiary/aromatic N) is 1. The van der Waals surface area contributed by atoms with Gasteiger partial charge in [-0.3, -0.25) is 4.79 Å². The van der Waals surface area contributed by atoms with E-state index in [1.165, 1.54) is 0 Å². The Bertz CT molecular complexity index is 471. The molecule has 2 aromatic rings. The van der Waals surface area contributed by atoms with E-state index in [-0.39, 0.29) is 5.91 Å². The van der Waals surface area contributed by atoms with Crippen molar-refractivity contribution in [3.05, 3.63) is 36.0 Å². The molecule has 1 amide bonds. The molecule has 2 rings (SSSR count). The number of aromatic amines is 1. The number of carbonyl (C=O) groups is 1. The summed E-state index contributed by atoms with van der Waals surface area (Å²) >= 11 is 0. The van der Waals surface area contributed by atoms with E-state index >= 15 is 0 Å². The van der Waals surface area contributed by atoms with Crippen LogP contribution in [-0.4, -0.2) is 29.9 Å². The van der Waals surface area contributed by atoms with Crippen molar-refractivity contribution < 1.29 is 4.79 Å². The summed E-state index contributed by atoms with van der Waals surface area (Å²) in [6, 6.07) is 7.41.